The monoisotopic (exact) mass is 660 g/mol. The lowest BCUT2D eigenvalue weighted by Crippen LogP contribution is -2.42. The molecule has 3 rings (SSSR count). The third kappa shape index (κ3) is 14.6. The zero-order valence-electron chi connectivity index (χ0n) is 24.4. The number of hydrogen-bond acceptors (Lipinski definition) is 9. The molecule has 0 bridgehead atoms. The first-order valence-electron chi connectivity index (χ1n) is 14.0. The molecule has 15 heteroatoms. The molecule has 0 fully saturated rings. The summed E-state index contributed by atoms with van der Waals surface area (Å²) in [5.41, 5.74) is 2.63. The summed E-state index contributed by atoms with van der Waals surface area (Å²) in [6.07, 6.45) is 1.83. The highest BCUT2D eigenvalue weighted by Crippen LogP contribution is 2.27. The number of ether oxygens (including phenoxy) is 1. The Morgan fingerprint density at radius 3 is 2.44 bits per heavy atom. The number of halogens is 1. The molecule has 1 heterocycles. The highest BCUT2D eigenvalue weighted by Gasteiger charge is 2.15. The van der Waals surface area contributed by atoms with Gasteiger partial charge in [0.1, 0.15) is 11.3 Å². The van der Waals surface area contributed by atoms with Crippen molar-refractivity contribution < 1.29 is 32.2 Å². The van der Waals surface area contributed by atoms with E-state index in [0.717, 1.165) is 59.6 Å². The third-order valence-electron chi connectivity index (χ3n) is 6.59. The van der Waals surface area contributed by atoms with Crippen LogP contribution in [0.15, 0.2) is 41.2 Å². The van der Waals surface area contributed by atoms with Gasteiger partial charge in [0.2, 0.25) is 5.91 Å². The molecule has 0 aliphatic rings. The maximum Gasteiger partial charge on any atom is 0.394 e. The number of H-pyrrole nitrogens is 1. The number of likely N-dealkylation sites (N-methyl/N-ethyl adjacent to an activating group) is 1. The standard InChI is InChI=1S/C28H39ClN4O4S.H2O4S/c1-3-32(4-2)16-17-33(25(35)12-19-37-18-11-21-6-5-7-23(29)20-21)15-14-30-13-10-22-8-9-24(34)26-27(22)38-28(36)31-26;1-5(2,3)4/h5-9,20,30,34H,3-4,10-19H2,1-2H3,(H,31,36);(H2,1,2,3,4). The van der Waals surface area contributed by atoms with Gasteiger partial charge in [-0.1, -0.05) is 55.0 Å². The minimum absolute atomic E-state index is 0.0888. The second-order valence-electron chi connectivity index (χ2n) is 9.56. The van der Waals surface area contributed by atoms with Crippen molar-refractivity contribution in [2.45, 2.75) is 33.1 Å². The number of fused-ring (bicyclic) bond motifs is 1. The number of phenols is 1. The van der Waals surface area contributed by atoms with Crippen LogP contribution in [0.5, 0.6) is 5.75 Å². The quantitative estimate of drug-likeness (QED) is 0.107. The summed E-state index contributed by atoms with van der Waals surface area (Å²) in [6.45, 7) is 10.6. The van der Waals surface area contributed by atoms with Crippen molar-refractivity contribution in [3.63, 3.8) is 0 Å². The van der Waals surface area contributed by atoms with Crippen LogP contribution in [-0.4, -0.2) is 102 Å². The first-order chi connectivity index (χ1) is 20.4. The number of phenolic OH excluding ortho intramolecular Hbond substituents is 1. The van der Waals surface area contributed by atoms with Crippen LogP contribution in [-0.2, 0) is 32.8 Å². The average molecular weight is 661 g/mol. The van der Waals surface area contributed by atoms with E-state index in [2.05, 4.69) is 29.0 Å². The van der Waals surface area contributed by atoms with Gasteiger partial charge in [-0.05, 0) is 61.8 Å². The van der Waals surface area contributed by atoms with Crippen LogP contribution < -0.4 is 10.2 Å². The first kappa shape index (κ1) is 36.6. The number of amides is 1. The fourth-order valence-electron chi connectivity index (χ4n) is 4.30. The van der Waals surface area contributed by atoms with E-state index in [0.29, 0.717) is 56.4 Å². The largest absolute Gasteiger partial charge is 0.506 e. The van der Waals surface area contributed by atoms with Gasteiger partial charge in [-0.3, -0.25) is 18.7 Å². The summed E-state index contributed by atoms with van der Waals surface area (Å²) in [5.74, 6) is 0.185. The molecule has 0 aliphatic carbocycles. The molecular weight excluding hydrogens is 620 g/mol. The second-order valence-corrected chi connectivity index (χ2v) is 11.9. The smallest absolute Gasteiger partial charge is 0.394 e. The number of benzene rings is 2. The average Bonchev–Trinajstić information content (AvgIpc) is 3.34. The predicted molar refractivity (Wildman–Crippen MR) is 170 cm³/mol. The van der Waals surface area contributed by atoms with Crippen molar-refractivity contribution in [1.29, 1.82) is 0 Å². The Morgan fingerprint density at radius 2 is 1.77 bits per heavy atom. The van der Waals surface area contributed by atoms with E-state index < -0.39 is 10.4 Å². The van der Waals surface area contributed by atoms with Gasteiger partial charge < -0.3 is 29.9 Å². The van der Waals surface area contributed by atoms with Gasteiger partial charge in [-0.15, -0.1) is 0 Å². The Bertz CT molecular complexity index is 1440. The van der Waals surface area contributed by atoms with E-state index in [1.54, 1.807) is 6.07 Å². The SMILES string of the molecule is CCN(CC)CCN(CCNCCc1ccc(O)c2[nH]c(=O)sc12)C(=O)CCOCCc1cccc(Cl)c1.O=S(=O)(O)O. The van der Waals surface area contributed by atoms with Crippen LogP contribution in [0.25, 0.3) is 10.2 Å². The van der Waals surface area contributed by atoms with Gasteiger partial charge in [-0.2, -0.15) is 8.42 Å². The predicted octanol–water partition coefficient (Wildman–Crippen LogP) is 3.25. The zero-order valence-corrected chi connectivity index (χ0v) is 26.8. The molecule has 1 amide bonds. The number of nitrogens with one attached hydrogen (secondary N) is 2. The van der Waals surface area contributed by atoms with Crippen molar-refractivity contribution >= 4 is 49.5 Å². The highest BCUT2D eigenvalue weighted by atomic mass is 35.5. The minimum atomic E-state index is -4.67. The van der Waals surface area contributed by atoms with Crippen LogP contribution in [0.4, 0.5) is 0 Å². The van der Waals surface area contributed by atoms with E-state index in [9.17, 15) is 14.7 Å². The van der Waals surface area contributed by atoms with Crippen molar-refractivity contribution in [2.75, 3.05) is 59.0 Å². The Hall–Kier alpha value is -2.56. The number of thiazole rings is 1. The number of rotatable bonds is 17. The number of carbonyl (C=O) groups is 1. The van der Waals surface area contributed by atoms with Gasteiger partial charge in [0.05, 0.1) is 24.3 Å². The van der Waals surface area contributed by atoms with Gasteiger partial charge in [0.15, 0.2) is 0 Å². The van der Waals surface area contributed by atoms with Crippen LogP contribution in [0.1, 0.15) is 31.4 Å². The molecule has 0 saturated carbocycles. The molecule has 5 N–H and O–H groups in total. The summed E-state index contributed by atoms with van der Waals surface area (Å²) in [6, 6.07) is 11.2. The zero-order chi connectivity index (χ0) is 31.8. The van der Waals surface area contributed by atoms with Gasteiger partial charge >= 0.3 is 15.3 Å². The first-order valence-corrected chi connectivity index (χ1v) is 16.6. The fraction of sp³-hybridized carbons (Fsp3) is 0.500. The van der Waals surface area contributed by atoms with Crippen LogP contribution in [0.3, 0.4) is 0 Å². The molecule has 0 saturated heterocycles. The maximum atomic E-state index is 13.0. The van der Waals surface area contributed by atoms with Gasteiger partial charge in [0.25, 0.3) is 0 Å². The molecule has 3 aromatic rings. The van der Waals surface area contributed by atoms with E-state index >= 15 is 0 Å². The Morgan fingerprint density at radius 1 is 1.05 bits per heavy atom. The van der Waals surface area contributed by atoms with E-state index in [4.69, 9.17) is 33.9 Å². The van der Waals surface area contributed by atoms with Crippen molar-refractivity contribution in [3.8, 4) is 5.75 Å². The number of aromatic nitrogens is 1. The molecule has 0 atom stereocenters. The van der Waals surface area contributed by atoms with E-state index in [1.165, 1.54) is 0 Å². The molecule has 0 radical (unpaired) electrons. The Balaban J connectivity index is 0.00000119. The van der Waals surface area contributed by atoms with Crippen LogP contribution >= 0.6 is 22.9 Å². The summed E-state index contributed by atoms with van der Waals surface area (Å²) < 4.78 is 38.1. The topological polar surface area (TPSA) is 172 Å². The third-order valence-corrected chi connectivity index (χ3v) is 7.78. The summed E-state index contributed by atoms with van der Waals surface area (Å²) in [4.78, 5) is 31.5. The second kappa shape index (κ2) is 19.0. The molecule has 12 nitrogen and oxygen atoms in total. The fourth-order valence-corrected chi connectivity index (χ4v) is 5.41. The molecule has 43 heavy (non-hydrogen) atoms. The van der Waals surface area contributed by atoms with Crippen molar-refractivity contribution in [3.05, 3.63) is 62.2 Å². The highest BCUT2D eigenvalue weighted by molar-refractivity contribution is 7.79. The number of aromatic amines is 1. The number of nitrogens with zero attached hydrogens (tertiary/aromatic N) is 2. The summed E-state index contributed by atoms with van der Waals surface area (Å²) >= 11 is 7.15. The molecular formula is C28H41ClN4O8S2. The molecule has 240 valence electrons. The molecule has 1 aromatic heterocycles. The maximum absolute atomic E-state index is 13.0. The summed E-state index contributed by atoms with van der Waals surface area (Å²) in [7, 11) is -4.67. The molecule has 0 aliphatic heterocycles. The molecule has 2 aromatic carbocycles. The lowest BCUT2D eigenvalue weighted by Gasteiger charge is -2.27. The van der Waals surface area contributed by atoms with Crippen LogP contribution in [0, 0.1) is 0 Å². The Labute approximate surface area is 261 Å². The van der Waals surface area contributed by atoms with Gasteiger partial charge in [0, 0.05) is 31.2 Å². The molecule has 0 unspecified atom stereocenters. The van der Waals surface area contributed by atoms with Crippen LogP contribution in [0.2, 0.25) is 5.02 Å². The van der Waals surface area contributed by atoms with E-state index in [-0.39, 0.29) is 16.5 Å². The summed E-state index contributed by atoms with van der Waals surface area (Å²) in [5, 5.41) is 14.1. The molecule has 0 spiro atoms. The number of hydrogen-bond donors (Lipinski definition) is 5. The number of aromatic hydroxyl groups is 1. The normalized spacial score (nSPS) is 11.5. The van der Waals surface area contributed by atoms with Crippen molar-refractivity contribution in [1.82, 2.24) is 20.1 Å². The Kier molecular flexibility index (Phi) is 16.2. The number of carbonyl (C=O) groups excluding carboxylic acids is 1. The lowest BCUT2D eigenvalue weighted by atomic mass is 10.1. The minimum Gasteiger partial charge on any atom is -0.506 e. The van der Waals surface area contributed by atoms with Gasteiger partial charge in [-0.25, -0.2) is 0 Å². The lowest BCUT2D eigenvalue weighted by molar-refractivity contribution is -0.132. The van der Waals surface area contributed by atoms with E-state index in [1.807, 2.05) is 35.2 Å². The van der Waals surface area contributed by atoms with Crippen molar-refractivity contribution in [2.24, 2.45) is 0 Å².